The van der Waals surface area contributed by atoms with Crippen LogP contribution < -0.4 is 20.1 Å². The van der Waals surface area contributed by atoms with Crippen LogP contribution in [0.3, 0.4) is 0 Å². The van der Waals surface area contributed by atoms with Crippen LogP contribution in [0.2, 0.25) is 0 Å². The molecule has 0 unspecified atom stereocenters. The molecule has 2 N–H and O–H groups in total. The van der Waals surface area contributed by atoms with E-state index < -0.39 is 0 Å². The lowest BCUT2D eigenvalue weighted by atomic mass is 10.2. The van der Waals surface area contributed by atoms with Gasteiger partial charge in [0, 0.05) is 26.2 Å². The molecule has 0 aromatic heterocycles. The molecule has 0 heterocycles. The molecule has 2 aromatic carbocycles. The van der Waals surface area contributed by atoms with Crippen molar-refractivity contribution in [2.75, 3.05) is 40.9 Å². The molecule has 0 fully saturated rings. The number of rotatable bonds is 11. The number of hydrogen-bond acceptors (Lipinski definition) is 5. The van der Waals surface area contributed by atoms with Crippen molar-refractivity contribution in [2.45, 2.75) is 13.1 Å². The topological polar surface area (TPSA) is 62.8 Å². The van der Waals surface area contributed by atoms with E-state index in [0.717, 1.165) is 30.8 Å². The number of halogens is 1. The van der Waals surface area contributed by atoms with Crippen molar-refractivity contribution in [1.82, 2.24) is 15.5 Å². The highest BCUT2D eigenvalue weighted by molar-refractivity contribution is 5.85. The minimum Gasteiger partial charge on any atom is -0.493 e. The van der Waals surface area contributed by atoms with E-state index in [9.17, 15) is 4.79 Å². The van der Waals surface area contributed by atoms with Crippen molar-refractivity contribution in [3.05, 3.63) is 59.7 Å². The van der Waals surface area contributed by atoms with Crippen molar-refractivity contribution < 1.29 is 14.3 Å². The molecule has 0 aliphatic rings. The third kappa shape index (κ3) is 8.61. The van der Waals surface area contributed by atoms with E-state index in [1.807, 2.05) is 62.6 Å². The second kappa shape index (κ2) is 13.0. The zero-order valence-electron chi connectivity index (χ0n) is 16.7. The van der Waals surface area contributed by atoms with Crippen molar-refractivity contribution in [3.8, 4) is 11.5 Å². The minimum atomic E-state index is -0.171. The zero-order valence-corrected chi connectivity index (χ0v) is 17.6. The Bertz CT molecular complexity index is 711. The SMILES string of the molecule is COc1cc(CNCCN(C)C)ccc1OCC(=O)NCc1ccccc1.Cl. The fraction of sp³-hybridized carbons (Fsp3) is 0.381. The number of likely N-dealkylation sites (N-methyl/N-ethyl adjacent to an activating group) is 1. The number of amides is 1. The largest absolute Gasteiger partial charge is 0.493 e. The summed E-state index contributed by atoms with van der Waals surface area (Å²) in [5.41, 5.74) is 2.15. The molecule has 2 rings (SSSR count). The van der Waals surface area contributed by atoms with Gasteiger partial charge in [-0.2, -0.15) is 0 Å². The van der Waals surface area contributed by atoms with Crippen molar-refractivity contribution in [3.63, 3.8) is 0 Å². The summed E-state index contributed by atoms with van der Waals surface area (Å²) in [5.74, 6) is 1.01. The van der Waals surface area contributed by atoms with Gasteiger partial charge < -0.3 is 25.0 Å². The summed E-state index contributed by atoms with van der Waals surface area (Å²) in [6.45, 7) is 3.08. The van der Waals surface area contributed by atoms with Crippen LogP contribution in [-0.4, -0.2) is 51.7 Å². The summed E-state index contributed by atoms with van der Waals surface area (Å²) < 4.78 is 11.0. The van der Waals surface area contributed by atoms with E-state index in [1.54, 1.807) is 7.11 Å². The highest BCUT2D eigenvalue weighted by Crippen LogP contribution is 2.28. The Morgan fingerprint density at radius 1 is 1.00 bits per heavy atom. The Balaban J connectivity index is 0.00000392. The Hall–Kier alpha value is -2.28. The highest BCUT2D eigenvalue weighted by atomic mass is 35.5. The summed E-state index contributed by atoms with van der Waals surface area (Å²) in [4.78, 5) is 14.1. The van der Waals surface area contributed by atoms with Crippen molar-refractivity contribution >= 4 is 18.3 Å². The molecule has 0 saturated carbocycles. The van der Waals surface area contributed by atoms with Gasteiger partial charge in [-0.15, -0.1) is 12.4 Å². The van der Waals surface area contributed by atoms with Crippen LogP contribution in [0.15, 0.2) is 48.5 Å². The minimum absolute atomic E-state index is 0. The van der Waals surface area contributed by atoms with E-state index in [4.69, 9.17) is 9.47 Å². The average molecular weight is 408 g/mol. The summed E-state index contributed by atoms with van der Waals surface area (Å²) >= 11 is 0. The third-order valence-corrected chi connectivity index (χ3v) is 3.98. The molecule has 0 saturated heterocycles. The predicted molar refractivity (Wildman–Crippen MR) is 114 cm³/mol. The molecule has 0 atom stereocenters. The Morgan fingerprint density at radius 2 is 1.75 bits per heavy atom. The highest BCUT2D eigenvalue weighted by Gasteiger charge is 2.09. The number of carbonyl (C=O) groups excluding carboxylic acids is 1. The molecule has 0 aliphatic carbocycles. The quantitative estimate of drug-likeness (QED) is 0.560. The van der Waals surface area contributed by atoms with Gasteiger partial charge in [-0.1, -0.05) is 36.4 Å². The Morgan fingerprint density at radius 3 is 2.43 bits per heavy atom. The number of benzene rings is 2. The first-order valence-corrected chi connectivity index (χ1v) is 9.04. The van der Waals surface area contributed by atoms with Crippen LogP contribution in [0, 0.1) is 0 Å². The summed E-state index contributed by atoms with van der Waals surface area (Å²) in [7, 11) is 5.70. The molecule has 2 aromatic rings. The van der Waals surface area contributed by atoms with Gasteiger partial charge >= 0.3 is 0 Å². The molecule has 0 bridgehead atoms. The zero-order chi connectivity index (χ0) is 19.5. The number of carbonyl (C=O) groups is 1. The van der Waals surface area contributed by atoms with Gasteiger partial charge in [0.1, 0.15) is 0 Å². The first kappa shape index (κ1) is 23.8. The van der Waals surface area contributed by atoms with Crippen LogP contribution in [0.4, 0.5) is 0 Å². The van der Waals surface area contributed by atoms with Crippen molar-refractivity contribution in [2.24, 2.45) is 0 Å². The van der Waals surface area contributed by atoms with Gasteiger partial charge in [-0.25, -0.2) is 0 Å². The van der Waals surface area contributed by atoms with Gasteiger partial charge in [-0.3, -0.25) is 4.79 Å². The second-order valence-corrected chi connectivity index (χ2v) is 6.52. The maximum Gasteiger partial charge on any atom is 0.258 e. The van der Waals surface area contributed by atoms with Crippen LogP contribution in [0.25, 0.3) is 0 Å². The first-order valence-electron chi connectivity index (χ1n) is 9.04. The van der Waals surface area contributed by atoms with E-state index in [0.29, 0.717) is 18.0 Å². The van der Waals surface area contributed by atoms with Gasteiger partial charge in [-0.05, 0) is 37.4 Å². The fourth-order valence-electron chi connectivity index (χ4n) is 2.47. The van der Waals surface area contributed by atoms with E-state index in [1.165, 1.54) is 0 Å². The molecule has 1 amide bonds. The van der Waals surface area contributed by atoms with E-state index in [-0.39, 0.29) is 24.9 Å². The summed E-state index contributed by atoms with van der Waals surface area (Å²) in [6.07, 6.45) is 0. The lowest BCUT2D eigenvalue weighted by molar-refractivity contribution is -0.123. The normalized spacial score (nSPS) is 10.3. The lowest BCUT2D eigenvalue weighted by Crippen LogP contribution is -2.28. The monoisotopic (exact) mass is 407 g/mol. The number of hydrogen-bond donors (Lipinski definition) is 2. The molecule has 0 radical (unpaired) electrons. The molecule has 7 heteroatoms. The molecular formula is C21H30ClN3O3. The Labute approximate surface area is 173 Å². The average Bonchev–Trinajstić information content (AvgIpc) is 2.69. The number of nitrogens with one attached hydrogen (secondary N) is 2. The smallest absolute Gasteiger partial charge is 0.258 e. The molecule has 154 valence electrons. The molecule has 28 heavy (non-hydrogen) atoms. The van der Waals surface area contributed by atoms with E-state index in [2.05, 4.69) is 15.5 Å². The van der Waals surface area contributed by atoms with E-state index >= 15 is 0 Å². The van der Waals surface area contributed by atoms with Crippen LogP contribution in [-0.2, 0) is 17.9 Å². The molecule has 0 aliphatic heterocycles. The van der Waals surface area contributed by atoms with Gasteiger partial charge in [0.15, 0.2) is 18.1 Å². The standard InChI is InChI=1S/C21H29N3O3.ClH/c1-24(2)12-11-22-14-18-9-10-19(20(13-18)26-3)27-16-21(25)23-15-17-7-5-4-6-8-17;/h4-10,13,22H,11-12,14-16H2,1-3H3,(H,23,25);1H. The Kier molecular flexibility index (Phi) is 11.0. The maximum atomic E-state index is 12.0. The predicted octanol–water partition coefficient (Wildman–Crippen LogP) is 2.46. The number of methoxy groups -OCH3 is 1. The number of ether oxygens (including phenoxy) is 2. The molecule has 6 nitrogen and oxygen atoms in total. The second-order valence-electron chi connectivity index (χ2n) is 6.52. The molecular weight excluding hydrogens is 378 g/mol. The number of nitrogens with zero attached hydrogens (tertiary/aromatic N) is 1. The van der Waals surface area contributed by atoms with Gasteiger partial charge in [0.05, 0.1) is 7.11 Å². The fourth-order valence-corrected chi connectivity index (χ4v) is 2.47. The van der Waals surface area contributed by atoms with Crippen LogP contribution in [0.5, 0.6) is 11.5 Å². The van der Waals surface area contributed by atoms with Crippen LogP contribution >= 0.6 is 12.4 Å². The third-order valence-electron chi connectivity index (χ3n) is 3.98. The molecule has 0 spiro atoms. The van der Waals surface area contributed by atoms with Gasteiger partial charge in [0.2, 0.25) is 0 Å². The van der Waals surface area contributed by atoms with Gasteiger partial charge in [0.25, 0.3) is 5.91 Å². The maximum absolute atomic E-state index is 12.0. The van der Waals surface area contributed by atoms with Crippen molar-refractivity contribution in [1.29, 1.82) is 0 Å². The first-order chi connectivity index (χ1) is 13.1. The summed E-state index contributed by atoms with van der Waals surface area (Å²) in [6, 6.07) is 15.5. The van der Waals surface area contributed by atoms with Crippen LogP contribution in [0.1, 0.15) is 11.1 Å². The lowest BCUT2D eigenvalue weighted by Gasteiger charge is -2.13. The summed E-state index contributed by atoms with van der Waals surface area (Å²) in [5, 5.41) is 6.23.